The maximum absolute atomic E-state index is 11.7. The van der Waals surface area contributed by atoms with Crippen LogP contribution in [0.25, 0.3) is 0 Å². The fourth-order valence-electron chi connectivity index (χ4n) is 1.89. The van der Waals surface area contributed by atoms with Crippen LogP contribution in [0.3, 0.4) is 0 Å². The van der Waals surface area contributed by atoms with Gasteiger partial charge < -0.3 is 14.6 Å². The molecule has 0 saturated carbocycles. The van der Waals surface area contributed by atoms with Crippen molar-refractivity contribution in [3.8, 4) is 0 Å². The molecule has 1 aromatic rings. The van der Waals surface area contributed by atoms with Crippen molar-refractivity contribution >= 4 is 17.7 Å². The van der Waals surface area contributed by atoms with Crippen LogP contribution in [0.4, 0.5) is 0 Å². The Morgan fingerprint density at radius 2 is 2.61 bits per heavy atom. The molecule has 1 aromatic heterocycles. The fraction of sp³-hybridized carbons (Fsp3) is 0.667. The molecule has 5 nitrogen and oxygen atoms in total. The number of aryl methyl sites for hydroxylation is 1. The highest BCUT2D eigenvalue weighted by Crippen LogP contribution is 2.15. The number of nitrogens with zero attached hydrogens (tertiary/aromatic N) is 2. The minimum atomic E-state index is 0.0427. The van der Waals surface area contributed by atoms with Crippen LogP contribution in [0.1, 0.15) is 19.8 Å². The molecule has 100 valence electrons. The molecule has 1 N–H and O–H groups in total. The molecular formula is C12H19N3O2S. The summed E-state index contributed by atoms with van der Waals surface area (Å²) in [5, 5.41) is 3.80. The molecule has 1 saturated heterocycles. The lowest BCUT2D eigenvalue weighted by Gasteiger charge is -2.10. The Bertz CT molecular complexity index is 388. The fourth-order valence-corrected chi connectivity index (χ4v) is 2.74. The first-order valence-corrected chi connectivity index (χ1v) is 7.30. The molecule has 1 atom stereocenters. The second-order valence-electron chi connectivity index (χ2n) is 4.22. The van der Waals surface area contributed by atoms with Gasteiger partial charge in [-0.1, -0.05) is 11.8 Å². The standard InChI is InChI=1S/C12H19N3O2S/c1-2-15-6-5-13-12(15)18-9-11(16)14-8-10-4-3-7-17-10/h5-6,10H,2-4,7-9H2,1H3,(H,14,16)/t10-/m0/s1. The van der Waals surface area contributed by atoms with Crippen LogP contribution in [0.5, 0.6) is 0 Å². The Morgan fingerprint density at radius 3 is 3.33 bits per heavy atom. The van der Waals surface area contributed by atoms with Crippen LogP contribution < -0.4 is 5.32 Å². The van der Waals surface area contributed by atoms with Crippen LogP contribution >= 0.6 is 11.8 Å². The van der Waals surface area contributed by atoms with E-state index in [9.17, 15) is 4.79 Å². The van der Waals surface area contributed by atoms with Gasteiger partial charge in [0, 0.05) is 32.1 Å². The third-order valence-corrected chi connectivity index (χ3v) is 3.91. The van der Waals surface area contributed by atoms with Crippen molar-refractivity contribution in [3.63, 3.8) is 0 Å². The number of ether oxygens (including phenoxy) is 1. The molecule has 0 unspecified atom stereocenters. The molecule has 0 aromatic carbocycles. The van der Waals surface area contributed by atoms with Crippen LogP contribution in [0.15, 0.2) is 17.6 Å². The second-order valence-corrected chi connectivity index (χ2v) is 5.17. The molecular weight excluding hydrogens is 250 g/mol. The average molecular weight is 269 g/mol. The van der Waals surface area contributed by atoms with Crippen molar-refractivity contribution in [2.24, 2.45) is 0 Å². The largest absolute Gasteiger partial charge is 0.376 e. The van der Waals surface area contributed by atoms with Crippen molar-refractivity contribution in [1.82, 2.24) is 14.9 Å². The van der Waals surface area contributed by atoms with Crippen molar-refractivity contribution in [1.29, 1.82) is 0 Å². The maximum atomic E-state index is 11.7. The van der Waals surface area contributed by atoms with Gasteiger partial charge in [0.15, 0.2) is 5.16 Å². The quantitative estimate of drug-likeness (QED) is 0.791. The molecule has 1 aliphatic heterocycles. The van der Waals surface area contributed by atoms with Crippen LogP contribution in [0.2, 0.25) is 0 Å². The highest BCUT2D eigenvalue weighted by Gasteiger charge is 2.16. The van der Waals surface area contributed by atoms with Gasteiger partial charge in [-0.2, -0.15) is 0 Å². The molecule has 0 spiro atoms. The lowest BCUT2D eigenvalue weighted by atomic mass is 10.2. The highest BCUT2D eigenvalue weighted by molar-refractivity contribution is 7.99. The Labute approximate surface area is 111 Å². The number of thioether (sulfide) groups is 1. The summed E-state index contributed by atoms with van der Waals surface area (Å²) in [5.41, 5.74) is 0. The molecule has 2 rings (SSSR count). The summed E-state index contributed by atoms with van der Waals surface area (Å²) >= 11 is 1.47. The van der Waals surface area contributed by atoms with Gasteiger partial charge in [-0.15, -0.1) is 0 Å². The number of carbonyl (C=O) groups excluding carboxylic acids is 1. The zero-order valence-corrected chi connectivity index (χ0v) is 11.4. The van der Waals surface area contributed by atoms with E-state index in [1.807, 2.05) is 10.8 Å². The van der Waals surface area contributed by atoms with Crippen molar-refractivity contribution in [3.05, 3.63) is 12.4 Å². The Morgan fingerprint density at radius 1 is 1.72 bits per heavy atom. The first-order chi connectivity index (χ1) is 8.79. The summed E-state index contributed by atoms with van der Waals surface area (Å²) in [7, 11) is 0. The minimum absolute atomic E-state index is 0.0427. The van der Waals surface area contributed by atoms with E-state index < -0.39 is 0 Å². The average Bonchev–Trinajstić information content (AvgIpc) is 3.04. The van der Waals surface area contributed by atoms with Crippen molar-refractivity contribution in [2.45, 2.75) is 37.6 Å². The second kappa shape index (κ2) is 6.80. The number of imidazole rings is 1. The van der Waals surface area contributed by atoms with Crippen LogP contribution in [-0.4, -0.2) is 40.5 Å². The van der Waals surface area contributed by atoms with Crippen molar-refractivity contribution < 1.29 is 9.53 Å². The highest BCUT2D eigenvalue weighted by atomic mass is 32.2. The molecule has 2 heterocycles. The van der Waals surface area contributed by atoms with E-state index in [0.717, 1.165) is 31.1 Å². The van der Waals surface area contributed by atoms with E-state index in [1.54, 1.807) is 6.20 Å². The summed E-state index contributed by atoms with van der Waals surface area (Å²) in [4.78, 5) is 15.9. The van der Waals surface area contributed by atoms with Gasteiger partial charge in [0.1, 0.15) is 0 Å². The summed E-state index contributed by atoms with van der Waals surface area (Å²) in [6, 6.07) is 0. The summed E-state index contributed by atoms with van der Waals surface area (Å²) in [6.45, 7) is 4.38. The number of hydrogen-bond acceptors (Lipinski definition) is 4. The molecule has 1 amide bonds. The van der Waals surface area contributed by atoms with E-state index in [-0.39, 0.29) is 12.0 Å². The number of carbonyl (C=O) groups is 1. The van der Waals surface area contributed by atoms with Crippen molar-refractivity contribution in [2.75, 3.05) is 18.9 Å². The first-order valence-electron chi connectivity index (χ1n) is 6.32. The lowest BCUT2D eigenvalue weighted by molar-refractivity contribution is -0.119. The molecule has 1 aliphatic rings. The van der Waals surface area contributed by atoms with Gasteiger partial charge in [-0.05, 0) is 19.8 Å². The van der Waals surface area contributed by atoms with Gasteiger partial charge in [0.2, 0.25) is 5.91 Å². The summed E-state index contributed by atoms with van der Waals surface area (Å²) in [6.07, 6.45) is 6.04. The number of hydrogen-bond donors (Lipinski definition) is 1. The van der Waals surface area contributed by atoms with Crippen LogP contribution in [0, 0.1) is 0 Å². The van der Waals surface area contributed by atoms with Gasteiger partial charge in [0.25, 0.3) is 0 Å². The van der Waals surface area contributed by atoms with Gasteiger partial charge in [-0.25, -0.2) is 4.98 Å². The molecule has 0 aliphatic carbocycles. The topological polar surface area (TPSA) is 56.2 Å². The van der Waals surface area contributed by atoms with E-state index in [4.69, 9.17) is 4.74 Å². The number of amides is 1. The minimum Gasteiger partial charge on any atom is -0.376 e. The molecule has 6 heteroatoms. The predicted molar refractivity (Wildman–Crippen MR) is 70.6 cm³/mol. The lowest BCUT2D eigenvalue weighted by Crippen LogP contribution is -2.32. The predicted octanol–water partition coefficient (Wildman–Crippen LogP) is 1.29. The molecule has 0 bridgehead atoms. The number of aromatic nitrogens is 2. The first kappa shape index (κ1) is 13.4. The summed E-state index contributed by atoms with van der Waals surface area (Å²) < 4.78 is 7.48. The molecule has 1 fully saturated rings. The van der Waals surface area contributed by atoms with E-state index >= 15 is 0 Å². The Kier molecular flexibility index (Phi) is 5.07. The smallest absolute Gasteiger partial charge is 0.230 e. The van der Waals surface area contributed by atoms with Gasteiger partial charge in [0.05, 0.1) is 11.9 Å². The third-order valence-electron chi connectivity index (χ3n) is 2.90. The number of nitrogens with one attached hydrogen (secondary N) is 1. The number of rotatable bonds is 6. The van der Waals surface area contributed by atoms with E-state index in [0.29, 0.717) is 12.3 Å². The maximum Gasteiger partial charge on any atom is 0.230 e. The summed E-state index contributed by atoms with van der Waals surface area (Å²) in [5.74, 6) is 0.449. The Balaban J connectivity index is 1.68. The third kappa shape index (κ3) is 3.74. The molecule has 0 radical (unpaired) electrons. The van der Waals surface area contributed by atoms with E-state index in [1.165, 1.54) is 11.8 Å². The normalized spacial score (nSPS) is 19.1. The Hall–Kier alpha value is -1.01. The zero-order chi connectivity index (χ0) is 12.8. The monoisotopic (exact) mass is 269 g/mol. The van der Waals surface area contributed by atoms with Gasteiger partial charge >= 0.3 is 0 Å². The molecule has 18 heavy (non-hydrogen) atoms. The zero-order valence-electron chi connectivity index (χ0n) is 10.6. The van der Waals surface area contributed by atoms with E-state index in [2.05, 4.69) is 17.2 Å². The van der Waals surface area contributed by atoms with Crippen LogP contribution in [-0.2, 0) is 16.1 Å². The SMILES string of the molecule is CCn1ccnc1SCC(=O)NC[C@@H]1CCCO1. The van der Waals surface area contributed by atoms with Gasteiger partial charge in [-0.3, -0.25) is 4.79 Å².